The summed E-state index contributed by atoms with van der Waals surface area (Å²) in [7, 11) is 0. The van der Waals surface area contributed by atoms with E-state index in [0.717, 1.165) is 0 Å². The molecule has 1 aromatic rings. The number of alkyl halides is 1. The third-order valence-electron chi connectivity index (χ3n) is 1.15. The normalized spacial score (nSPS) is 12.0. The van der Waals surface area contributed by atoms with Crippen molar-refractivity contribution >= 4 is 11.3 Å². The Kier molecular flexibility index (Phi) is 2.20. The van der Waals surface area contributed by atoms with Gasteiger partial charge >= 0.3 is 0 Å². The first kappa shape index (κ1) is 8.55. The Bertz CT molecular complexity index is 240. The smallest absolute Gasteiger partial charge is 0.158 e. The zero-order valence-corrected chi connectivity index (χ0v) is 7.28. The summed E-state index contributed by atoms with van der Waals surface area (Å²) >= 11 is 1.22. The van der Waals surface area contributed by atoms with Gasteiger partial charge in [0.05, 0.1) is 0 Å². The zero-order valence-electron chi connectivity index (χ0n) is 6.47. The maximum Gasteiger partial charge on any atom is 0.158 e. The third-order valence-corrected chi connectivity index (χ3v) is 2.39. The molecular formula is C6H10FN3S. The lowest BCUT2D eigenvalue weighted by molar-refractivity contribution is 0.219. The van der Waals surface area contributed by atoms with Crippen LogP contribution in [0.5, 0.6) is 0 Å². The summed E-state index contributed by atoms with van der Waals surface area (Å²) in [5, 5.41) is 8.44. The molecule has 0 radical (unpaired) electrons. The lowest BCUT2D eigenvalue weighted by Gasteiger charge is -2.07. The molecule has 62 valence electrons. The van der Waals surface area contributed by atoms with Gasteiger partial charge in [0, 0.05) is 6.54 Å². The van der Waals surface area contributed by atoms with Crippen LogP contribution in [-0.2, 0) is 12.2 Å². The molecular weight excluding hydrogens is 165 g/mol. The second kappa shape index (κ2) is 2.83. The van der Waals surface area contributed by atoms with Gasteiger partial charge in [-0.1, -0.05) is 11.3 Å². The van der Waals surface area contributed by atoms with E-state index in [2.05, 4.69) is 10.2 Å². The van der Waals surface area contributed by atoms with Gasteiger partial charge in [-0.2, -0.15) is 0 Å². The summed E-state index contributed by atoms with van der Waals surface area (Å²) in [6, 6.07) is 0. The van der Waals surface area contributed by atoms with Gasteiger partial charge in [-0.15, -0.1) is 10.2 Å². The molecule has 0 amide bonds. The zero-order chi connectivity index (χ0) is 8.48. The minimum atomic E-state index is -1.40. The molecule has 0 unspecified atom stereocenters. The molecule has 1 rings (SSSR count). The van der Waals surface area contributed by atoms with Crippen LogP contribution in [0.4, 0.5) is 4.39 Å². The standard InChI is InChI=1S/C6H10FN3S/c1-6(2,7)5-10-9-4(3-8)11-5/h3,8H2,1-2H3. The molecule has 5 heteroatoms. The van der Waals surface area contributed by atoms with Crippen LogP contribution in [0.1, 0.15) is 23.9 Å². The van der Waals surface area contributed by atoms with Crippen LogP contribution in [0.2, 0.25) is 0 Å². The molecule has 0 aromatic carbocycles. The van der Waals surface area contributed by atoms with Gasteiger partial charge in [-0.25, -0.2) is 4.39 Å². The summed E-state index contributed by atoms with van der Waals surface area (Å²) in [5.41, 5.74) is 3.89. The van der Waals surface area contributed by atoms with Crippen molar-refractivity contribution in [3.05, 3.63) is 10.0 Å². The lowest BCUT2D eigenvalue weighted by Crippen LogP contribution is -2.07. The van der Waals surface area contributed by atoms with Crippen molar-refractivity contribution < 1.29 is 4.39 Å². The number of aromatic nitrogens is 2. The van der Waals surface area contributed by atoms with E-state index in [1.54, 1.807) is 0 Å². The quantitative estimate of drug-likeness (QED) is 0.734. The number of halogens is 1. The predicted molar refractivity (Wildman–Crippen MR) is 41.9 cm³/mol. The fourth-order valence-electron chi connectivity index (χ4n) is 0.576. The fraction of sp³-hybridized carbons (Fsp3) is 0.667. The average Bonchev–Trinajstić information content (AvgIpc) is 2.32. The molecule has 0 saturated heterocycles. The second-order valence-corrected chi connectivity index (χ2v) is 3.74. The second-order valence-electron chi connectivity index (χ2n) is 2.68. The van der Waals surface area contributed by atoms with Crippen molar-refractivity contribution in [2.75, 3.05) is 0 Å². The van der Waals surface area contributed by atoms with E-state index in [4.69, 9.17) is 5.73 Å². The van der Waals surface area contributed by atoms with Crippen LogP contribution in [0.15, 0.2) is 0 Å². The number of nitrogens with two attached hydrogens (primary N) is 1. The number of hydrogen-bond acceptors (Lipinski definition) is 4. The predicted octanol–water partition coefficient (Wildman–Crippen LogP) is 1.20. The van der Waals surface area contributed by atoms with Gasteiger partial charge in [-0.3, -0.25) is 0 Å². The molecule has 0 atom stereocenters. The van der Waals surface area contributed by atoms with E-state index in [0.29, 0.717) is 16.6 Å². The molecule has 0 aliphatic carbocycles. The molecule has 0 fully saturated rings. The summed E-state index contributed by atoms with van der Waals surface area (Å²) < 4.78 is 13.1. The Morgan fingerprint density at radius 2 is 2.18 bits per heavy atom. The molecule has 0 aliphatic heterocycles. The summed E-state index contributed by atoms with van der Waals surface area (Å²) in [6.07, 6.45) is 0. The van der Waals surface area contributed by atoms with Crippen LogP contribution in [-0.4, -0.2) is 10.2 Å². The summed E-state index contributed by atoms with van der Waals surface area (Å²) in [6.45, 7) is 3.23. The molecule has 0 bridgehead atoms. The highest BCUT2D eigenvalue weighted by Gasteiger charge is 2.23. The van der Waals surface area contributed by atoms with Crippen LogP contribution in [0.3, 0.4) is 0 Å². The largest absolute Gasteiger partial charge is 0.324 e. The minimum absolute atomic E-state index is 0.327. The van der Waals surface area contributed by atoms with E-state index in [1.807, 2.05) is 0 Å². The average molecular weight is 175 g/mol. The van der Waals surface area contributed by atoms with Gasteiger partial charge in [0.15, 0.2) is 10.7 Å². The van der Waals surface area contributed by atoms with Crippen molar-refractivity contribution in [1.29, 1.82) is 0 Å². The fourth-order valence-corrected chi connectivity index (χ4v) is 1.29. The maximum atomic E-state index is 13.1. The van der Waals surface area contributed by atoms with E-state index in [9.17, 15) is 4.39 Å². The van der Waals surface area contributed by atoms with Crippen molar-refractivity contribution in [2.24, 2.45) is 5.73 Å². The Balaban J connectivity index is 2.89. The number of hydrogen-bond donors (Lipinski definition) is 1. The first-order chi connectivity index (χ1) is 5.04. The number of nitrogens with zero attached hydrogens (tertiary/aromatic N) is 2. The monoisotopic (exact) mass is 175 g/mol. The molecule has 3 nitrogen and oxygen atoms in total. The van der Waals surface area contributed by atoms with E-state index in [-0.39, 0.29) is 0 Å². The highest BCUT2D eigenvalue weighted by molar-refractivity contribution is 7.11. The summed E-state index contributed by atoms with van der Waals surface area (Å²) in [5.74, 6) is 0. The highest BCUT2D eigenvalue weighted by Crippen LogP contribution is 2.26. The lowest BCUT2D eigenvalue weighted by atomic mass is 10.2. The Hall–Kier alpha value is -0.550. The first-order valence-corrected chi connectivity index (χ1v) is 4.07. The summed E-state index contributed by atoms with van der Waals surface area (Å²) in [4.78, 5) is 0. The van der Waals surface area contributed by atoms with Crippen molar-refractivity contribution in [3.63, 3.8) is 0 Å². The molecule has 1 aromatic heterocycles. The van der Waals surface area contributed by atoms with Gasteiger partial charge in [0.25, 0.3) is 0 Å². The van der Waals surface area contributed by atoms with Crippen LogP contribution < -0.4 is 5.73 Å². The Morgan fingerprint density at radius 3 is 2.45 bits per heavy atom. The SMILES string of the molecule is CC(C)(F)c1nnc(CN)s1. The Morgan fingerprint density at radius 1 is 1.55 bits per heavy atom. The Labute approximate surface area is 68.4 Å². The van der Waals surface area contributed by atoms with Crippen molar-refractivity contribution in [3.8, 4) is 0 Å². The van der Waals surface area contributed by atoms with E-state index >= 15 is 0 Å². The molecule has 0 saturated carbocycles. The van der Waals surface area contributed by atoms with E-state index < -0.39 is 5.67 Å². The molecule has 2 N–H and O–H groups in total. The molecule has 0 spiro atoms. The van der Waals surface area contributed by atoms with Crippen LogP contribution in [0, 0.1) is 0 Å². The van der Waals surface area contributed by atoms with Gasteiger partial charge < -0.3 is 5.73 Å². The molecule has 1 heterocycles. The minimum Gasteiger partial charge on any atom is -0.324 e. The van der Waals surface area contributed by atoms with Crippen molar-refractivity contribution in [2.45, 2.75) is 26.1 Å². The molecule has 11 heavy (non-hydrogen) atoms. The first-order valence-electron chi connectivity index (χ1n) is 3.26. The number of rotatable bonds is 2. The third kappa shape index (κ3) is 1.94. The highest BCUT2D eigenvalue weighted by atomic mass is 32.1. The van der Waals surface area contributed by atoms with Gasteiger partial charge in [0.1, 0.15) is 5.01 Å². The van der Waals surface area contributed by atoms with Crippen LogP contribution in [0.25, 0.3) is 0 Å². The van der Waals surface area contributed by atoms with Crippen molar-refractivity contribution in [1.82, 2.24) is 10.2 Å². The van der Waals surface area contributed by atoms with Gasteiger partial charge in [0.2, 0.25) is 0 Å². The molecule has 0 aliphatic rings. The van der Waals surface area contributed by atoms with E-state index in [1.165, 1.54) is 25.2 Å². The maximum absolute atomic E-state index is 13.1. The van der Waals surface area contributed by atoms with Crippen LogP contribution >= 0.6 is 11.3 Å². The van der Waals surface area contributed by atoms with Gasteiger partial charge in [-0.05, 0) is 13.8 Å². The topological polar surface area (TPSA) is 51.8 Å².